The second-order valence-corrected chi connectivity index (χ2v) is 6.55. The van der Waals surface area contributed by atoms with Crippen LogP contribution in [0.3, 0.4) is 0 Å². The molecule has 0 aliphatic rings. The lowest BCUT2D eigenvalue weighted by atomic mass is 10.1. The summed E-state index contributed by atoms with van der Waals surface area (Å²) in [6, 6.07) is 7.96. The van der Waals surface area contributed by atoms with E-state index in [4.69, 9.17) is 15.2 Å². The van der Waals surface area contributed by atoms with Gasteiger partial charge < -0.3 is 15.2 Å². The van der Waals surface area contributed by atoms with Gasteiger partial charge in [0.1, 0.15) is 19.4 Å². The molecular weight excluding hydrogens is 378 g/mol. The Morgan fingerprint density at radius 3 is 2.46 bits per heavy atom. The minimum absolute atomic E-state index is 0.162. The fourth-order valence-electron chi connectivity index (χ4n) is 2.21. The van der Waals surface area contributed by atoms with Crippen molar-refractivity contribution in [1.82, 2.24) is 19.9 Å². The molecule has 2 N–H and O–H groups in total. The number of aryl methyl sites for hydroxylation is 1. The molecule has 0 unspecified atom stereocenters. The number of carbonyl (C=O) groups excluding carboxylic acids is 1. The molecule has 0 atom stereocenters. The van der Waals surface area contributed by atoms with Gasteiger partial charge >= 0.3 is 6.01 Å². The third-order valence-electron chi connectivity index (χ3n) is 3.65. The van der Waals surface area contributed by atoms with E-state index in [-0.39, 0.29) is 30.9 Å². The second kappa shape index (κ2) is 9.14. The number of carbonyl (C=O) groups is 1. The van der Waals surface area contributed by atoms with Crippen molar-refractivity contribution in [1.29, 1.82) is 0 Å². The van der Waals surface area contributed by atoms with E-state index >= 15 is 0 Å². The van der Waals surface area contributed by atoms with Gasteiger partial charge in [-0.1, -0.05) is 29.8 Å². The van der Waals surface area contributed by atoms with Crippen LogP contribution in [0.5, 0.6) is 11.9 Å². The number of rotatable bonds is 8. The summed E-state index contributed by atoms with van der Waals surface area (Å²) in [5, 5.41) is 0. The number of nitrogens with two attached hydrogens (primary N) is 1. The van der Waals surface area contributed by atoms with Crippen LogP contribution in [-0.2, 0) is 0 Å². The lowest BCUT2D eigenvalue weighted by Crippen LogP contribution is -2.17. The minimum Gasteiger partial charge on any atom is -0.473 e. The Hall–Kier alpha value is -3.20. The average Bonchev–Trinajstić information content (AvgIpc) is 2.72. The maximum absolute atomic E-state index is 11.4. The summed E-state index contributed by atoms with van der Waals surface area (Å²) in [5.41, 5.74) is 7.72. The Bertz CT molecular complexity index is 949. The fraction of sp³-hybridized carbons (Fsp3) is 0.211. The van der Waals surface area contributed by atoms with Gasteiger partial charge in [0, 0.05) is 17.3 Å². The summed E-state index contributed by atoms with van der Waals surface area (Å²) < 4.78 is 11.2. The van der Waals surface area contributed by atoms with Crippen LogP contribution in [0.25, 0.3) is 11.1 Å². The monoisotopic (exact) mass is 396 g/mol. The van der Waals surface area contributed by atoms with Crippen LogP contribution in [0.2, 0.25) is 0 Å². The molecule has 2 aromatic heterocycles. The van der Waals surface area contributed by atoms with Crippen molar-refractivity contribution in [3.8, 4) is 23.0 Å². The molecule has 8 nitrogen and oxygen atoms in total. The fourth-order valence-corrected chi connectivity index (χ4v) is 2.53. The van der Waals surface area contributed by atoms with Gasteiger partial charge in [0.2, 0.25) is 11.7 Å². The van der Waals surface area contributed by atoms with Crippen molar-refractivity contribution in [2.45, 2.75) is 11.8 Å². The van der Waals surface area contributed by atoms with Crippen LogP contribution in [0, 0.1) is 13.1 Å². The number of hydrogen-bond acceptors (Lipinski definition) is 8. The summed E-state index contributed by atoms with van der Waals surface area (Å²) in [6.45, 7) is 2.35. The topological polar surface area (TPSA) is 113 Å². The largest absolute Gasteiger partial charge is 0.473 e. The van der Waals surface area contributed by atoms with E-state index in [0.29, 0.717) is 5.56 Å². The van der Waals surface area contributed by atoms with Gasteiger partial charge in [0.15, 0.2) is 0 Å². The first-order valence-corrected chi connectivity index (χ1v) is 9.57. The van der Waals surface area contributed by atoms with E-state index < -0.39 is 5.91 Å². The molecule has 0 spiro atoms. The van der Waals surface area contributed by atoms with Crippen LogP contribution in [0.1, 0.15) is 16.2 Å². The van der Waals surface area contributed by atoms with Crippen molar-refractivity contribution in [3.63, 3.8) is 0 Å². The number of primary amides is 1. The average molecular weight is 396 g/mol. The molecule has 0 saturated heterocycles. The van der Waals surface area contributed by atoms with Crippen molar-refractivity contribution < 1.29 is 14.3 Å². The molecule has 1 radical (unpaired) electrons. The van der Waals surface area contributed by atoms with Crippen molar-refractivity contribution >= 4 is 17.7 Å². The summed E-state index contributed by atoms with van der Waals surface area (Å²) in [5.74, 6) is -0.715. The number of amides is 1. The highest BCUT2D eigenvalue weighted by atomic mass is 32.2. The standard InChI is InChI=1S/C19H18N5O3S/c1-12-3-5-13(6-4-12)15-11-21-17(16(20)25)24-18(15)26-7-8-27-19-22-9-14(28-2)10-23-19/h3-6,9-10H,7-8H2,1-2H3,(H2,20,25). The van der Waals surface area contributed by atoms with Crippen molar-refractivity contribution in [2.24, 2.45) is 5.73 Å². The van der Waals surface area contributed by atoms with Gasteiger partial charge in [-0.2, -0.15) is 4.98 Å². The molecule has 28 heavy (non-hydrogen) atoms. The molecule has 9 heteroatoms. The molecule has 0 aliphatic heterocycles. The quantitative estimate of drug-likeness (QED) is 0.456. The molecule has 0 fully saturated rings. The minimum atomic E-state index is -0.755. The Balaban J connectivity index is 1.70. The zero-order valence-electron chi connectivity index (χ0n) is 15.4. The lowest BCUT2D eigenvalue weighted by Gasteiger charge is -2.11. The van der Waals surface area contributed by atoms with Gasteiger partial charge in [-0.15, -0.1) is 11.8 Å². The van der Waals surface area contributed by atoms with E-state index in [1.54, 1.807) is 24.2 Å². The molecule has 1 aromatic carbocycles. The summed E-state index contributed by atoms with van der Waals surface area (Å²) in [7, 11) is 0. The van der Waals surface area contributed by atoms with Gasteiger partial charge in [-0.05, 0) is 18.7 Å². The third-order valence-corrected chi connectivity index (χ3v) is 4.33. The number of ether oxygens (including phenoxy) is 2. The molecule has 0 saturated carbocycles. The van der Waals surface area contributed by atoms with Crippen LogP contribution in [-0.4, -0.2) is 45.3 Å². The molecule has 143 valence electrons. The smallest absolute Gasteiger partial charge is 0.316 e. The van der Waals surface area contributed by atoms with Crippen molar-refractivity contribution in [3.05, 3.63) is 54.2 Å². The van der Waals surface area contributed by atoms with Crippen LogP contribution in [0.15, 0.2) is 41.6 Å². The van der Waals surface area contributed by atoms with E-state index in [1.165, 1.54) is 0 Å². The first-order valence-electron chi connectivity index (χ1n) is 8.35. The highest BCUT2D eigenvalue weighted by Gasteiger charge is 2.14. The number of thioether (sulfide) groups is 1. The normalized spacial score (nSPS) is 10.5. The molecule has 3 aromatic rings. The van der Waals surface area contributed by atoms with E-state index in [1.807, 2.05) is 37.4 Å². The van der Waals surface area contributed by atoms with Crippen LogP contribution < -0.4 is 15.2 Å². The maximum atomic E-state index is 11.4. The van der Waals surface area contributed by atoms with Gasteiger partial charge in [0.05, 0.1) is 5.56 Å². The Morgan fingerprint density at radius 1 is 1.14 bits per heavy atom. The lowest BCUT2D eigenvalue weighted by molar-refractivity contribution is 0.0988. The van der Waals surface area contributed by atoms with E-state index in [0.717, 1.165) is 16.0 Å². The summed E-state index contributed by atoms with van der Waals surface area (Å²) >= 11 is 1.55. The van der Waals surface area contributed by atoms with E-state index in [9.17, 15) is 4.79 Å². The molecule has 3 rings (SSSR count). The predicted octanol–water partition coefficient (Wildman–Crippen LogP) is 2.32. The first-order chi connectivity index (χ1) is 13.6. The van der Waals surface area contributed by atoms with Crippen LogP contribution in [0.4, 0.5) is 0 Å². The maximum Gasteiger partial charge on any atom is 0.316 e. The third kappa shape index (κ3) is 4.95. The van der Waals surface area contributed by atoms with Gasteiger partial charge in [-0.25, -0.2) is 15.0 Å². The first kappa shape index (κ1) is 19.6. The Labute approximate surface area is 166 Å². The molecule has 0 aliphatic carbocycles. The zero-order valence-corrected chi connectivity index (χ0v) is 16.2. The number of aromatic nitrogens is 4. The predicted molar refractivity (Wildman–Crippen MR) is 104 cm³/mol. The molecule has 2 heterocycles. The second-order valence-electron chi connectivity index (χ2n) is 5.67. The van der Waals surface area contributed by atoms with Gasteiger partial charge in [-0.3, -0.25) is 4.79 Å². The number of hydrogen-bond donors (Lipinski definition) is 1. The van der Waals surface area contributed by atoms with Crippen molar-refractivity contribution in [2.75, 3.05) is 19.5 Å². The number of benzene rings is 1. The molecular formula is C19H18N5O3S. The van der Waals surface area contributed by atoms with Crippen LogP contribution >= 0.6 is 11.8 Å². The highest BCUT2D eigenvalue weighted by molar-refractivity contribution is 7.98. The molecule has 1 amide bonds. The summed E-state index contributed by atoms with van der Waals surface area (Å²) in [4.78, 5) is 28.5. The molecule has 0 bridgehead atoms. The number of nitrogens with zero attached hydrogens (tertiary/aromatic N) is 4. The Morgan fingerprint density at radius 2 is 1.82 bits per heavy atom. The van der Waals surface area contributed by atoms with Gasteiger partial charge in [0.25, 0.3) is 5.91 Å². The summed E-state index contributed by atoms with van der Waals surface area (Å²) in [6.07, 6.45) is 8.09. The van der Waals surface area contributed by atoms with E-state index in [2.05, 4.69) is 26.1 Å². The Kier molecular flexibility index (Phi) is 6.38. The zero-order chi connectivity index (χ0) is 19.9. The SMILES string of the molecule is CSc1cnc(OCCOc2nc(C(N)=O)n[c]c2-c2ccc(C)cc2)nc1. The highest BCUT2D eigenvalue weighted by Crippen LogP contribution is 2.27.